The SMILES string of the molecule is O=C([N]CCCC1CCCC1)OCc1ccccc1. The van der Waals surface area contributed by atoms with Gasteiger partial charge in [-0.2, -0.15) is 0 Å². The maximum atomic E-state index is 11.4. The third-order valence-corrected chi connectivity index (χ3v) is 3.69. The molecule has 0 saturated heterocycles. The summed E-state index contributed by atoms with van der Waals surface area (Å²) in [5.74, 6) is 0.871. The van der Waals surface area contributed by atoms with Crippen molar-refractivity contribution in [2.75, 3.05) is 6.54 Å². The summed E-state index contributed by atoms with van der Waals surface area (Å²) in [4.78, 5) is 11.4. The predicted molar refractivity (Wildman–Crippen MR) is 74.8 cm³/mol. The van der Waals surface area contributed by atoms with Crippen LogP contribution in [0.1, 0.15) is 44.1 Å². The Labute approximate surface area is 115 Å². The van der Waals surface area contributed by atoms with E-state index in [1.807, 2.05) is 30.3 Å². The maximum Gasteiger partial charge on any atom is 0.429 e. The van der Waals surface area contributed by atoms with E-state index in [0.717, 1.165) is 17.9 Å². The molecule has 1 amide bonds. The van der Waals surface area contributed by atoms with E-state index in [9.17, 15) is 4.79 Å². The fourth-order valence-corrected chi connectivity index (χ4v) is 2.61. The summed E-state index contributed by atoms with van der Waals surface area (Å²) in [5.41, 5.74) is 0.997. The van der Waals surface area contributed by atoms with Crippen LogP contribution >= 0.6 is 0 Å². The number of hydrogen-bond acceptors (Lipinski definition) is 2. The molecule has 0 atom stereocenters. The molecule has 1 aromatic rings. The smallest absolute Gasteiger partial charge is 0.429 e. The molecule has 0 unspecified atom stereocenters. The third-order valence-electron chi connectivity index (χ3n) is 3.69. The van der Waals surface area contributed by atoms with Crippen LogP contribution in [-0.2, 0) is 11.3 Å². The van der Waals surface area contributed by atoms with Crippen LogP contribution in [0.4, 0.5) is 4.79 Å². The average Bonchev–Trinajstić information content (AvgIpc) is 2.96. The lowest BCUT2D eigenvalue weighted by molar-refractivity contribution is 0.138. The fraction of sp³-hybridized carbons (Fsp3) is 0.562. The summed E-state index contributed by atoms with van der Waals surface area (Å²) in [6.07, 6.45) is 7.24. The van der Waals surface area contributed by atoms with Crippen molar-refractivity contribution in [3.8, 4) is 0 Å². The van der Waals surface area contributed by atoms with E-state index >= 15 is 0 Å². The Hall–Kier alpha value is -1.51. The van der Waals surface area contributed by atoms with E-state index in [1.165, 1.54) is 32.1 Å². The van der Waals surface area contributed by atoms with Crippen molar-refractivity contribution < 1.29 is 9.53 Å². The van der Waals surface area contributed by atoms with E-state index in [2.05, 4.69) is 5.32 Å². The molecular weight excluding hydrogens is 238 g/mol. The number of rotatable bonds is 6. The summed E-state index contributed by atoms with van der Waals surface area (Å²) in [5, 5.41) is 3.94. The Morgan fingerprint density at radius 1 is 1.21 bits per heavy atom. The van der Waals surface area contributed by atoms with Gasteiger partial charge in [-0.05, 0) is 24.3 Å². The highest BCUT2D eigenvalue weighted by Gasteiger charge is 2.14. The molecule has 103 valence electrons. The van der Waals surface area contributed by atoms with Crippen LogP contribution in [0, 0.1) is 5.92 Å². The first-order valence-electron chi connectivity index (χ1n) is 7.23. The minimum Gasteiger partial charge on any atom is -0.443 e. The second-order valence-corrected chi connectivity index (χ2v) is 5.21. The van der Waals surface area contributed by atoms with Gasteiger partial charge >= 0.3 is 6.09 Å². The standard InChI is InChI=1S/C16H22NO2/c18-16(19-13-15-9-2-1-3-10-15)17-12-6-11-14-7-4-5-8-14/h1-3,9-10,14H,4-8,11-13H2. The van der Waals surface area contributed by atoms with Crippen molar-refractivity contribution in [3.05, 3.63) is 35.9 Å². The highest BCUT2D eigenvalue weighted by Crippen LogP contribution is 2.28. The highest BCUT2D eigenvalue weighted by atomic mass is 16.5. The van der Waals surface area contributed by atoms with Crippen molar-refractivity contribution in [2.45, 2.75) is 45.1 Å². The molecule has 1 aliphatic carbocycles. The van der Waals surface area contributed by atoms with Crippen LogP contribution < -0.4 is 5.32 Å². The highest BCUT2D eigenvalue weighted by molar-refractivity contribution is 5.66. The maximum absolute atomic E-state index is 11.4. The molecule has 1 fully saturated rings. The van der Waals surface area contributed by atoms with Gasteiger partial charge in [0, 0.05) is 6.54 Å². The van der Waals surface area contributed by atoms with Gasteiger partial charge in [0.15, 0.2) is 0 Å². The van der Waals surface area contributed by atoms with Crippen LogP contribution in [0.3, 0.4) is 0 Å². The van der Waals surface area contributed by atoms with Gasteiger partial charge in [-0.1, -0.05) is 56.0 Å². The van der Waals surface area contributed by atoms with Gasteiger partial charge in [-0.3, -0.25) is 0 Å². The zero-order chi connectivity index (χ0) is 13.3. The number of benzene rings is 1. The number of amides is 1. The largest absolute Gasteiger partial charge is 0.443 e. The van der Waals surface area contributed by atoms with E-state index < -0.39 is 6.09 Å². The van der Waals surface area contributed by atoms with Crippen LogP contribution in [-0.4, -0.2) is 12.6 Å². The minimum absolute atomic E-state index is 0.311. The van der Waals surface area contributed by atoms with Crippen molar-refractivity contribution in [2.24, 2.45) is 5.92 Å². The third kappa shape index (κ3) is 5.33. The fourth-order valence-electron chi connectivity index (χ4n) is 2.61. The second-order valence-electron chi connectivity index (χ2n) is 5.21. The summed E-state index contributed by atoms with van der Waals surface area (Å²) in [7, 11) is 0. The molecular formula is C16H22NO2. The minimum atomic E-state index is -0.435. The molecule has 3 nitrogen and oxygen atoms in total. The molecule has 0 bridgehead atoms. The monoisotopic (exact) mass is 260 g/mol. The Kier molecular flexibility index (Phi) is 5.73. The van der Waals surface area contributed by atoms with E-state index in [1.54, 1.807) is 0 Å². The molecule has 0 spiro atoms. The summed E-state index contributed by atoms with van der Waals surface area (Å²) < 4.78 is 5.09. The molecule has 1 saturated carbocycles. The van der Waals surface area contributed by atoms with Crippen LogP contribution in [0.25, 0.3) is 0 Å². The van der Waals surface area contributed by atoms with E-state index in [-0.39, 0.29) is 0 Å². The molecule has 3 heteroatoms. The number of nitrogens with zero attached hydrogens (tertiary/aromatic N) is 1. The molecule has 0 aliphatic heterocycles. The lowest BCUT2D eigenvalue weighted by atomic mass is 10.0. The Morgan fingerprint density at radius 2 is 1.95 bits per heavy atom. The van der Waals surface area contributed by atoms with Gasteiger partial charge < -0.3 is 4.74 Å². The number of carbonyl (C=O) groups is 1. The van der Waals surface area contributed by atoms with Crippen LogP contribution in [0.5, 0.6) is 0 Å². The van der Waals surface area contributed by atoms with Gasteiger partial charge in [-0.15, -0.1) is 0 Å². The normalized spacial score (nSPS) is 15.4. The summed E-state index contributed by atoms with van der Waals surface area (Å²) >= 11 is 0. The zero-order valence-electron chi connectivity index (χ0n) is 11.4. The predicted octanol–water partition coefficient (Wildman–Crippen LogP) is 3.90. The first-order chi connectivity index (χ1) is 9.34. The summed E-state index contributed by atoms with van der Waals surface area (Å²) in [6, 6.07) is 9.68. The lowest BCUT2D eigenvalue weighted by Crippen LogP contribution is -2.18. The molecule has 1 aliphatic rings. The number of hydrogen-bond donors (Lipinski definition) is 0. The number of carbonyl (C=O) groups excluding carboxylic acids is 1. The van der Waals surface area contributed by atoms with Gasteiger partial charge in [0.25, 0.3) is 0 Å². The van der Waals surface area contributed by atoms with Gasteiger partial charge in [0.1, 0.15) is 6.61 Å². The average molecular weight is 260 g/mol. The van der Waals surface area contributed by atoms with Gasteiger partial charge in [0.2, 0.25) is 0 Å². The summed E-state index contributed by atoms with van der Waals surface area (Å²) in [6.45, 7) is 0.913. The topological polar surface area (TPSA) is 40.4 Å². The van der Waals surface area contributed by atoms with E-state index in [4.69, 9.17) is 4.74 Å². The Bertz CT molecular complexity index is 372. The molecule has 1 radical (unpaired) electrons. The molecule has 1 aromatic carbocycles. The van der Waals surface area contributed by atoms with Crippen molar-refractivity contribution in [1.82, 2.24) is 5.32 Å². The van der Waals surface area contributed by atoms with Crippen molar-refractivity contribution in [1.29, 1.82) is 0 Å². The molecule has 0 N–H and O–H groups in total. The first kappa shape index (κ1) is 13.9. The molecule has 0 heterocycles. The van der Waals surface area contributed by atoms with E-state index in [0.29, 0.717) is 13.2 Å². The zero-order valence-corrected chi connectivity index (χ0v) is 11.4. The number of ether oxygens (including phenoxy) is 1. The van der Waals surface area contributed by atoms with Crippen molar-refractivity contribution >= 4 is 6.09 Å². The Morgan fingerprint density at radius 3 is 2.68 bits per heavy atom. The van der Waals surface area contributed by atoms with Crippen LogP contribution in [0.15, 0.2) is 30.3 Å². The van der Waals surface area contributed by atoms with Gasteiger partial charge in [0.05, 0.1) is 0 Å². The lowest BCUT2D eigenvalue weighted by Gasteiger charge is -2.08. The first-order valence-corrected chi connectivity index (χ1v) is 7.23. The van der Waals surface area contributed by atoms with Crippen molar-refractivity contribution in [3.63, 3.8) is 0 Å². The van der Waals surface area contributed by atoms with Gasteiger partial charge in [-0.25, -0.2) is 10.1 Å². The Balaban J connectivity index is 1.52. The molecule has 0 aromatic heterocycles. The molecule has 2 rings (SSSR count). The molecule has 19 heavy (non-hydrogen) atoms. The quantitative estimate of drug-likeness (QED) is 0.728. The second kappa shape index (κ2) is 7.82. The van der Waals surface area contributed by atoms with Crippen LogP contribution in [0.2, 0.25) is 0 Å².